The smallest absolute Gasteiger partial charge is 0.178 e. The Balaban J connectivity index is 0.000000174. The second-order valence-corrected chi connectivity index (χ2v) is 31.2. The average molecular weight is 1530 g/mol. The number of anilines is 2. The van der Waals surface area contributed by atoms with Crippen LogP contribution in [0.5, 0.6) is 51.7 Å². The van der Waals surface area contributed by atoms with Crippen LogP contribution in [0.2, 0.25) is 0 Å². The summed E-state index contributed by atoms with van der Waals surface area (Å²) in [4.78, 5) is 5.08. The number of hydrogen-bond donors (Lipinski definition) is 0. The molecule has 0 radical (unpaired) electrons. The van der Waals surface area contributed by atoms with Crippen molar-refractivity contribution in [2.24, 2.45) is 0 Å². The van der Waals surface area contributed by atoms with Gasteiger partial charge in [-0.2, -0.15) is 0 Å². The maximum Gasteiger partial charge on any atom is 0.178 e. The quantitative estimate of drug-likeness (QED) is 0.0420. The molecule has 11 nitrogen and oxygen atoms in total. The van der Waals surface area contributed by atoms with E-state index in [0.29, 0.717) is 29.6 Å². The van der Waals surface area contributed by atoms with Crippen LogP contribution in [0.3, 0.4) is 0 Å². The van der Waals surface area contributed by atoms with Crippen LogP contribution in [-0.4, -0.2) is 74.4 Å². The topological polar surface area (TPSA) is 89.6 Å². The largest absolute Gasteiger partial charge is 0.494 e. The summed E-state index contributed by atoms with van der Waals surface area (Å²) < 4.78 is 56.5. The molecule has 5 aliphatic heterocycles. The number of unbranched alkanes of at least 4 members (excludes halogenated alkanes) is 7. The minimum atomic E-state index is -0.864. The van der Waals surface area contributed by atoms with E-state index in [1.807, 2.05) is 0 Å². The molecule has 5 aliphatic rings. The van der Waals surface area contributed by atoms with Crippen molar-refractivity contribution in [1.29, 1.82) is 0 Å². The third kappa shape index (κ3) is 16.2. The van der Waals surface area contributed by atoms with E-state index in [1.54, 1.807) is 28.4 Å². The summed E-state index contributed by atoms with van der Waals surface area (Å²) in [5.41, 5.74) is 19.2. The van der Waals surface area contributed by atoms with Gasteiger partial charge in [0.2, 0.25) is 0 Å². The highest BCUT2D eigenvalue weighted by Crippen LogP contribution is 2.53. The van der Waals surface area contributed by atoms with Gasteiger partial charge in [-0.25, -0.2) is 0 Å². The molecule has 17 rings (SSSR count). The van der Waals surface area contributed by atoms with Gasteiger partial charge in [0.15, 0.2) is 34.2 Å². The molecule has 2 atom stereocenters. The molecular weight excluding hydrogens is 1420 g/mol. The molecule has 12 aromatic rings. The van der Waals surface area contributed by atoms with Gasteiger partial charge in [0.05, 0.1) is 48.3 Å². The van der Waals surface area contributed by atoms with Crippen LogP contribution in [0.15, 0.2) is 237 Å². The summed E-state index contributed by atoms with van der Waals surface area (Å²) in [5, 5.41) is 4.21. The zero-order valence-corrected chi connectivity index (χ0v) is 68.0. The van der Waals surface area contributed by atoms with Crippen LogP contribution in [0, 0.1) is 0 Å². The van der Waals surface area contributed by atoms with Crippen molar-refractivity contribution in [1.82, 2.24) is 0 Å². The fourth-order valence-corrected chi connectivity index (χ4v) is 17.6. The van der Waals surface area contributed by atoms with E-state index in [1.165, 1.54) is 86.7 Å². The third-order valence-electron chi connectivity index (χ3n) is 23.9. The Hall–Kier alpha value is -11.6. The Morgan fingerprint density at radius 2 is 0.696 bits per heavy atom. The summed E-state index contributed by atoms with van der Waals surface area (Å²) in [5.74, 6) is 7.08. The lowest BCUT2D eigenvalue weighted by Crippen LogP contribution is -2.37. The van der Waals surface area contributed by atoms with Crippen LogP contribution < -0.4 is 52.4 Å². The van der Waals surface area contributed by atoms with Crippen molar-refractivity contribution in [2.75, 3.05) is 84.2 Å². The lowest BCUT2D eigenvalue weighted by molar-refractivity contribution is 0.161. The standard InChI is InChI=1S/C55H59NO5.C49H49NO4/c1-5-7-9-10-32-60-45-23-19-39(20-24-45)38-15-17-40(18-16-38)48-35-51-47(49-36-52(57-3)53(58-4)37-50(48)49)27-28-55(61-51,43-21-25-46(26-22-43)59-31-8-6-2)44-33-41-13-11-29-56-30-12-14-42(34-44)54(41)56;1-4-5-6-12-31-53-41-25-19-36(20-26-41)35-15-17-37(18-16-35)43-32-46-42(44-33-47(51-2)48(52-3)34-45(43)44)27-28-49(54-46,38-13-8-7-9-14-38)39-21-23-40(24-22-39)50-29-10-11-30-50/h15-28,33-37H,5-14,29-32H2,1-4H3;7-9,13-28,32-34H,4-6,10-12,29-31H2,1-3H3. The van der Waals surface area contributed by atoms with E-state index >= 15 is 0 Å². The molecule has 1 saturated heterocycles. The second-order valence-electron chi connectivity index (χ2n) is 31.2. The second kappa shape index (κ2) is 35.4. The molecule has 0 spiro atoms. The van der Waals surface area contributed by atoms with Crippen molar-refractivity contribution in [3.8, 4) is 96.3 Å². The normalized spacial score (nSPS) is 16.3. The first-order valence-electron chi connectivity index (χ1n) is 42.1. The Kier molecular flexibility index (Phi) is 23.9. The van der Waals surface area contributed by atoms with Gasteiger partial charge < -0.3 is 52.4 Å². The van der Waals surface area contributed by atoms with Crippen LogP contribution in [0.25, 0.3) is 78.2 Å². The number of benzene rings is 12. The zero-order valence-electron chi connectivity index (χ0n) is 68.0. The molecule has 11 heteroatoms. The molecular formula is C104H108N2O9. The number of nitrogens with zero attached hydrogens (tertiary/aromatic N) is 2. The molecule has 1 fully saturated rings. The maximum atomic E-state index is 7.59. The van der Waals surface area contributed by atoms with Crippen molar-refractivity contribution in [3.05, 3.63) is 281 Å². The minimum absolute atomic E-state index is 0.680. The highest BCUT2D eigenvalue weighted by Gasteiger charge is 2.42. The summed E-state index contributed by atoms with van der Waals surface area (Å²) in [7, 11) is 6.76. The van der Waals surface area contributed by atoms with Gasteiger partial charge in [0, 0.05) is 70.9 Å². The molecule has 0 saturated carbocycles. The van der Waals surface area contributed by atoms with Crippen molar-refractivity contribution in [3.63, 3.8) is 0 Å². The number of fused-ring (bicyclic) bond motifs is 6. The van der Waals surface area contributed by atoms with Gasteiger partial charge in [-0.05, 0) is 256 Å². The van der Waals surface area contributed by atoms with Crippen LogP contribution in [0.1, 0.15) is 155 Å². The predicted octanol–water partition coefficient (Wildman–Crippen LogP) is 25.5. The molecule has 115 heavy (non-hydrogen) atoms. The molecule has 12 aromatic carbocycles. The maximum absolute atomic E-state index is 7.59. The average Bonchev–Trinajstić information content (AvgIpc) is 0.848. The van der Waals surface area contributed by atoms with E-state index in [9.17, 15) is 0 Å². The number of ether oxygens (including phenoxy) is 9. The van der Waals surface area contributed by atoms with Gasteiger partial charge in [-0.1, -0.05) is 193 Å². The number of hydrogen-bond acceptors (Lipinski definition) is 11. The van der Waals surface area contributed by atoms with Gasteiger partial charge in [-0.3, -0.25) is 0 Å². The summed E-state index contributed by atoms with van der Waals surface area (Å²) in [6.45, 7) is 13.4. The fourth-order valence-electron chi connectivity index (χ4n) is 17.6. The molecule has 0 N–H and O–H groups in total. The molecule has 2 unspecified atom stereocenters. The Bertz CT molecular complexity index is 5370. The lowest BCUT2D eigenvalue weighted by Gasteiger charge is -2.41. The van der Waals surface area contributed by atoms with Gasteiger partial charge in [-0.15, -0.1) is 0 Å². The van der Waals surface area contributed by atoms with Gasteiger partial charge in [0.1, 0.15) is 28.7 Å². The SMILES string of the molecule is CCCCCCOc1ccc(-c2ccc(-c3cc4c(c5cc(OC)c(OC)cc35)C=CC(c3ccc(OCCCC)cc3)(c3cc5c6c(c3)CCCN6CCC5)O4)cc2)cc1.CCCCCCOc1ccc(-c2ccc(-c3cc4c(c5cc(OC)c(OC)cc35)C=CC(c3ccccc3)(c3ccc(N5CCCC5)cc3)O4)cc2)cc1. The van der Waals surface area contributed by atoms with E-state index in [0.717, 1.165) is 206 Å². The molecule has 0 bridgehead atoms. The first kappa shape index (κ1) is 77.4. The molecule has 5 heterocycles. The van der Waals surface area contributed by atoms with Crippen molar-refractivity contribution >= 4 is 45.1 Å². The first-order valence-corrected chi connectivity index (χ1v) is 42.1. The lowest BCUT2D eigenvalue weighted by atomic mass is 9.79. The van der Waals surface area contributed by atoms with E-state index in [-0.39, 0.29) is 0 Å². The monoisotopic (exact) mass is 1530 g/mol. The van der Waals surface area contributed by atoms with E-state index in [4.69, 9.17) is 42.6 Å². The van der Waals surface area contributed by atoms with Crippen LogP contribution >= 0.6 is 0 Å². The van der Waals surface area contributed by atoms with Crippen molar-refractivity contribution < 1.29 is 42.6 Å². The Morgan fingerprint density at radius 3 is 1.12 bits per heavy atom. The van der Waals surface area contributed by atoms with Gasteiger partial charge >= 0.3 is 0 Å². The third-order valence-corrected chi connectivity index (χ3v) is 23.9. The summed E-state index contributed by atoms with van der Waals surface area (Å²) in [6.07, 6.45) is 27.7. The molecule has 0 amide bonds. The molecule has 0 aromatic heterocycles. The predicted molar refractivity (Wildman–Crippen MR) is 472 cm³/mol. The first-order chi connectivity index (χ1) is 56.6. The van der Waals surface area contributed by atoms with Crippen LogP contribution in [-0.2, 0) is 24.0 Å². The summed E-state index contributed by atoms with van der Waals surface area (Å²) in [6, 6.07) is 80.3. The molecule has 588 valence electrons. The van der Waals surface area contributed by atoms with Gasteiger partial charge in [0.25, 0.3) is 0 Å². The minimum Gasteiger partial charge on any atom is -0.494 e. The fraction of sp³-hybridized carbons (Fsp3) is 0.308. The van der Waals surface area contributed by atoms with E-state index < -0.39 is 11.2 Å². The zero-order chi connectivity index (χ0) is 78.7. The van der Waals surface area contributed by atoms with Crippen molar-refractivity contribution in [2.45, 2.75) is 135 Å². The Labute approximate surface area is 680 Å². The highest BCUT2D eigenvalue weighted by atomic mass is 16.5. The summed E-state index contributed by atoms with van der Waals surface area (Å²) >= 11 is 0. The van der Waals surface area contributed by atoms with Crippen LogP contribution in [0.4, 0.5) is 11.4 Å². The molecule has 0 aliphatic carbocycles. The Morgan fingerprint density at radius 1 is 0.330 bits per heavy atom. The number of rotatable bonds is 29. The number of methoxy groups -OCH3 is 4. The highest BCUT2D eigenvalue weighted by molar-refractivity contribution is 6.07. The number of aryl methyl sites for hydroxylation is 2. The van der Waals surface area contributed by atoms with E-state index in [2.05, 4.69) is 279 Å².